The second-order valence-electron chi connectivity index (χ2n) is 7.60. The van der Waals surface area contributed by atoms with Crippen molar-refractivity contribution >= 4 is 11.8 Å². The fraction of sp³-hybridized carbons (Fsp3) is 0.647. The monoisotopic (exact) mass is 326 g/mol. The first-order valence-electron chi connectivity index (χ1n) is 7.77. The van der Waals surface area contributed by atoms with Crippen molar-refractivity contribution in [1.82, 2.24) is 4.98 Å². The van der Waals surface area contributed by atoms with E-state index in [0.717, 1.165) is 0 Å². The first-order chi connectivity index (χ1) is 10.4. The lowest BCUT2D eigenvalue weighted by Crippen LogP contribution is -2.38. The van der Waals surface area contributed by atoms with E-state index in [1.54, 1.807) is 20.8 Å². The molecule has 0 N–H and O–H groups in total. The number of hydrogen-bond donors (Lipinski definition) is 0. The number of carbonyl (C=O) groups is 1. The van der Waals surface area contributed by atoms with Gasteiger partial charge < -0.3 is 4.74 Å². The lowest BCUT2D eigenvalue weighted by Gasteiger charge is -2.26. The van der Waals surface area contributed by atoms with Crippen molar-refractivity contribution in [3.8, 4) is 0 Å². The van der Waals surface area contributed by atoms with Crippen LogP contribution in [-0.4, -0.2) is 23.2 Å². The van der Waals surface area contributed by atoms with E-state index in [-0.39, 0.29) is 12.0 Å². The van der Waals surface area contributed by atoms with Gasteiger partial charge in [-0.2, -0.15) is 0 Å². The van der Waals surface area contributed by atoms with Gasteiger partial charge in [0, 0.05) is 30.1 Å². The molecule has 0 spiro atoms. The molecule has 23 heavy (non-hydrogen) atoms. The van der Waals surface area contributed by atoms with Crippen molar-refractivity contribution < 1.29 is 18.3 Å². The third kappa shape index (κ3) is 3.46. The number of carbonyl (C=O) groups excluding carboxylic acids is 1. The molecule has 1 aliphatic heterocycles. The maximum absolute atomic E-state index is 14.0. The van der Waals surface area contributed by atoms with Crippen LogP contribution in [0, 0.1) is 0 Å². The molecule has 0 aromatic carbocycles. The van der Waals surface area contributed by atoms with Gasteiger partial charge in [0.25, 0.3) is 5.92 Å². The molecule has 0 fully saturated rings. The molecule has 1 amide bonds. The molecule has 4 nitrogen and oxygen atoms in total. The topological polar surface area (TPSA) is 42.4 Å². The van der Waals surface area contributed by atoms with Crippen LogP contribution in [0.15, 0.2) is 12.3 Å². The summed E-state index contributed by atoms with van der Waals surface area (Å²) in [6.07, 6.45) is 0.356. The van der Waals surface area contributed by atoms with E-state index in [2.05, 4.69) is 4.98 Å². The molecule has 2 rings (SSSR count). The molecule has 0 saturated carbocycles. The number of alkyl halides is 2. The maximum Gasteiger partial charge on any atom is 0.414 e. The summed E-state index contributed by atoms with van der Waals surface area (Å²) < 4.78 is 33.3. The van der Waals surface area contributed by atoms with Crippen LogP contribution in [0.3, 0.4) is 0 Å². The quantitative estimate of drug-likeness (QED) is 0.796. The number of amides is 1. The minimum Gasteiger partial charge on any atom is -0.443 e. The number of ether oxygens (including phenoxy) is 1. The number of fused-ring (bicyclic) bond motifs is 1. The van der Waals surface area contributed by atoms with Crippen LogP contribution in [0.1, 0.15) is 59.2 Å². The van der Waals surface area contributed by atoms with Gasteiger partial charge in [-0.05, 0) is 26.8 Å². The van der Waals surface area contributed by atoms with Crippen LogP contribution in [0.2, 0.25) is 0 Å². The molecule has 0 aliphatic carbocycles. The molecule has 2 heterocycles. The molecule has 1 aromatic rings. The third-order valence-electron chi connectivity index (χ3n) is 3.83. The lowest BCUT2D eigenvalue weighted by atomic mass is 9.91. The highest BCUT2D eigenvalue weighted by Gasteiger charge is 2.42. The zero-order valence-electron chi connectivity index (χ0n) is 14.5. The molecule has 0 saturated heterocycles. The molecular weight excluding hydrogens is 302 g/mol. The number of rotatable bonds is 2. The van der Waals surface area contributed by atoms with E-state index in [1.807, 2.05) is 13.8 Å². The SMILES string of the molecule is CCC(F)(F)c1cnc2c(c1)N(C(=O)OC(C)(C)C)CC2(C)C. The van der Waals surface area contributed by atoms with E-state index in [1.165, 1.54) is 24.1 Å². The van der Waals surface area contributed by atoms with E-state index in [9.17, 15) is 13.6 Å². The van der Waals surface area contributed by atoms with Gasteiger partial charge in [-0.25, -0.2) is 13.6 Å². The van der Waals surface area contributed by atoms with Crippen LogP contribution >= 0.6 is 0 Å². The Morgan fingerprint density at radius 2 is 2.00 bits per heavy atom. The summed E-state index contributed by atoms with van der Waals surface area (Å²) in [5.41, 5.74) is -0.187. The van der Waals surface area contributed by atoms with Gasteiger partial charge in [-0.15, -0.1) is 0 Å². The summed E-state index contributed by atoms with van der Waals surface area (Å²) >= 11 is 0. The van der Waals surface area contributed by atoms with E-state index < -0.39 is 23.0 Å². The van der Waals surface area contributed by atoms with Crippen molar-refractivity contribution in [3.05, 3.63) is 23.5 Å². The molecule has 0 bridgehead atoms. The molecule has 0 radical (unpaired) electrons. The Balaban J connectivity index is 2.45. The lowest BCUT2D eigenvalue weighted by molar-refractivity contribution is -0.00863. The normalized spacial score (nSPS) is 17.1. The Kier molecular flexibility index (Phi) is 4.16. The Morgan fingerprint density at radius 3 is 2.52 bits per heavy atom. The van der Waals surface area contributed by atoms with Crippen molar-refractivity contribution in [1.29, 1.82) is 0 Å². The second kappa shape index (κ2) is 5.42. The number of aromatic nitrogens is 1. The fourth-order valence-corrected chi connectivity index (χ4v) is 2.62. The summed E-state index contributed by atoms with van der Waals surface area (Å²) in [5.74, 6) is -2.96. The van der Waals surface area contributed by atoms with Crippen LogP contribution in [0.25, 0.3) is 0 Å². The number of nitrogens with zero attached hydrogens (tertiary/aromatic N) is 2. The minimum absolute atomic E-state index is 0.176. The summed E-state index contributed by atoms with van der Waals surface area (Å²) in [5, 5.41) is 0. The molecule has 1 aromatic heterocycles. The highest BCUT2D eigenvalue weighted by molar-refractivity contribution is 5.91. The zero-order chi connectivity index (χ0) is 17.6. The van der Waals surface area contributed by atoms with Crippen LogP contribution in [0.5, 0.6) is 0 Å². The van der Waals surface area contributed by atoms with Crippen LogP contribution in [-0.2, 0) is 16.1 Å². The van der Waals surface area contributed by atoms with Gasteiger partial charge in [0.15, 0.2) is 0 Å². The molecule has 128 valence electrons. The van der Waals surface area contributed by atoms with Crippen molar-refractivity contribution in [2.75, 3.05) is 11.4 Å². The predicted octanol–water partition coefficient (Wildman–Crippen LogP) is 4.62. The first-order valence-corrected chi connectivity index (χ1v) is 7.77. The second-order valence-corrected chi connectivity index (χ2v) is 7.60. The first kappa shape index (κ1) is 17.6. The summed E-state index contributed by atoms with van der Waals surface area (Å²) in [6, 6.07) is 1.37. The highest BCUT2D eigenvalue weighted by Crippen LogP contribution is 2.42. The van der Waals surface area contributed by atoms with Gasteiger partial charge in [0.1, 0.15) is 5.60 Å². The highest BCUT2D eigenvalue weighted by atomic mass is 19.3. The van der Waals surface area contributed by atoms with Gasteiger partial charge in [-0.3, -0.25) is 9.88 Å². The number of hydrogen-bond acceptors (Lipinski definition) is 3. The average molecular weight is 326 g/mol. The maximum atomic E-state index is 14.0. The average Bonchev–Trinajstić information content (AvgIpc) is 2.69. The molecule has 0 unspecified atom stereocenters. The number of halogens is 2. The van der Waals surface area contributed by atoms with Crippen LogP contribution in [0.4, 0.5) is 19.3 Å². The fourth-order valence-electron chi connectivity index (χ4n) is 2.62. The minimum atomic E-state index is -2.96. The molecule has 0 atom stereocenters. The predicted molar refractivity (Wildman–Crippen MR) is 85.0 cm³/mol. The van der Waals surface area contributed by atoms with E-state index in [4.69, 9.17) is 4.74 Å². The summed E-state index contributed by atoms with van der Waals surface area (Å²) in [6.45, 7) is 10.9. The summed E-state index contributed by atoms with van der Waals surface area (Å²) in [4.78, 5) is 18.1. The Bertz CT molecular complexity index is 622. The van der Waals surface area contributed by atoms with Gasteiger partial charge in [-0.1, -0.05) is 20.8 Å². The Morgan fingerprint density at radius 1 is 1.39 bits per heavy atom. The summed E-state index contributed by atoms with van der Waals surface area (Å²) in [7, 11) is 0. The van der Waals surface area contributed by atoms with E-state index in [0.29, 0.717) is 17.9 Å². The number of anilines is 1. The third-order valence-corrected chi connectivity index (χ3v) is 3.83. The zero-order valence-corrected chi connectivity index (χ0v) is 14.5. The van der Waals surface area contributed by atoms with Crippen molar-refractivity contribution in [2.45, 2.75) is 64.9 Å². The Hall–Kier alpha value is -1.72. The Labute approximate surface area is 135 Å². The van der Waals surface area contributed by atoms with Crippen molar-refractivity contribution in [3.63, 3.8) is 0 Å². The molecular formula is C17H24F2N2O2. The van der Waals surface area contributed by atoms with E-state index >= 15 is 0 Å². The largest absolute Gasteiger partial charge is 0.443 e. The van der Waals surface area contributed by atoms with Crippen molar-refractivity contribution in [2.24, 2.45) is 0 Å². The smallest absolute Gasteiger partial charge is 0.414 e. The van der Waals surface area contributed by atoms with Gasteiger partial charge in [0.05, 0.1) is 11.4 Å². The standard InChI is InChI=1S/C17H24F2N2O2/c1-7-17(18,19)11-8-12-13(20-9-11)16(5,6)10-21(12)14(22)23-15(2,3)4/h8-9H,7,10H2,1-6H3. The number of pyridine rings is 1. The van der Waals surface area contributed by atoms with Gasteiger partial charge in [0.2, 0.25) is 0 Å². The van der Waals surface area contributed by atoms with Gasteiger partial charge >= 0.3 is 6.09 Å². The molecule has 6 heteroatoms. The van der Waals surface area contributed by atoms with Crippen LogP contribution < -0.4 is 4.90 Å². The molecule has 1 aliphatic rings.